The van der Waals surface area contributed by atoms with E-state index in [4.69, 9.17) is 26.5 Å². The minimum atomic E-state index is -0.475. The number of hydrogen-bond acceptors (Lipinski definition) is 4. The first kappa shape index (κ1) is 13.1. The maximum absolute atomic E-state index is 11.6. The molecule has 0 radical (unpaired) electrons. The van der Waals surface area contributed by atoms with Crippen LogP contribution in [0.5, 0.6) is 11.5 Å². The summed E-state index contributed by atoms with van der Waals surface area (Å²) in [7, 11) is 1.64. The third kappa shape index (κ3) is 2.06. The van der Waals surface area contributed by atoms with E-state index < -0.39 is 6.04 Å². The van der Waals surface area contributed by atoms with Crippen molar-refractivity contribution in [3.63, 3.8) is 0 Å². The van der Waals surface area contributed by atoms with E-state index in [2.05, 4.69) is 5.32 Å². The van der Waals surface area contributed by atoms with Gasteiger partial charge >= 0.3 is 6.03 Å². The fourth-order valence-electron chi connectivity index (χ4n) is 2.38. The summed E-state index contributed by atoms with van der Waals surface area (Å²) in [6, 6.07) is 2.72. The fourth-order valence-corrected chi connectivity index (χ4v) is 2.66. The highest BCUT2D eigenvalue weighted by atomic mass is 35.5. The zero-order valence-electron chi connectivity index (χ0n) is 10.9. The van der Waals surface area contributed by atoms with E-state index >= 15 is 0 Å². The van der Waals surface area contributed by atoms with Gasteiger partial charge in [0.15, 0.2) is 11.5 Å². The van der Waals surface area contributed by atoms with Crippen molar-refractivity contribution in [1.29, 1.82) is 5.41 Å². The molecule has 0 aromatic heterocycles. The minimum Gasteiger partial charge on any atom is -0.489 e. The number of fused-ring (bicyclic) bond motifs is 1. The van der Waals surface area contributed by atoms with Gasteiger partial charge in [-0.05, 0) is 17.7 Å². The summed E-state index contributed by atoms with van der Waals surface area (Å²) in [5.41, 5.74) is 0.727. The highest BCUT2D eigenvalue weighted by molar-refractivity contribution is 6.32. The molecule has 2 amide bonds. The van der Waals surface area contributed by atoms with Crippen LogP contribution in [-0.2, 0) is 0 Å². The second-order valence-corrected chi connectivity index (χ2v) is 5.14. The molecule has 1 saturated heterocycles. The molecule has 6 nitrogen and oxygen atoms in total. The van der Waals surface area contributed by atoms with E-state index in [1.165, 1.54) is 4.90 Å². The molecule has 2 aliphatic rings. The van der Waals surface area contributed by atoms with Crippen LogP contribution in [0.25, 0.3) is 0 Å². The number of urea groups is 1. The third-order valence-corrected chi connectivity index (χ3v) is 3.64. The Morgan fingerprint density at radius 3 is 2.85 bits per heavy atom. The van der Waals surface area contributed by atoms with E-state index in [9.17, 15) is 4.79 Å². The molecule has 106 valence electrons. The summed E-state index contributed by atoms with van der Waals surface area (Å²) in [6.07, 6.45) is 0.791. The van der Waals surface area contributed by atoms with Gasteiger partial charge in [0, 0.05) is 13.5 Å². The van der Waals surface area contributed by atoms with Crippen LogP contribution in [0.3, 0.4) is 0 Å². The van der Waals surface area contributed by atoms with E-state index in [0.717, 1.165) is 12.0 Å². The molecule has 2 N–H and O–H groups in total. The molecule has 1 atom stereocenters. The third-order valence-electron chi connectivity index (χ3n) is 3.36. The number of hydrogen-bond donors (Lipinski definition) is 2. The molecule has 2 heterocycles. The van der Waals surface area contributed by atoms with Crippen molar-refractivity contribution in [3.05, 3.63) is 22.7 Å². The summed E-state index contributed by atoms with van der Waals surface area (Å²) in [4.78, 5) is 13.0. The smallest absolute Gasteiger partial charge is 0.323 e. The number of carbonyl (C=O) groups excluding carboxylic acids is 1. The van der Waals surface area contributed by atoms with Crippen LogP contribution in [0.4, 0.5) is 4.79 Å². The summed E-state index contributed by atoms with van der Waals surface area (Å²) >= 11 is 6.23. The molecule has 1 aromatic rings. The summed E-state index contributed by atoms with van der Waals surface area (Å²) < 4.78 is 11.2. The monoisotopic (exact) mass is 295 g/mol. The number of likely N-dealkylation sites (N-methyl/N-ethyl adjacent to an activating group) is 1. The summed E-state index contributed by atoms with van der Waals surface area (Å²) in [6.45, 7) is 1.12. The van der Waals surface area contributed by atoms with Crippen molar-refractivity contribution in [3.8, 4) is 11.5 Å². The number of benzene rings is 1. The van der Waals surface area contributed by atoms with E-state index in [0.29, 0.717) is 29.7 Å². The van der Waals surface area contributed by atoms with Crippen LogP contribution in [0.2, 0.25) is 5.02 Å². The van der Waals surface area contributed by atoms with Crippen molar-refractivity contribution in [2.75, 3.05) is 20.3 Å². The average molecular weight is 296 g/mol. The van der Waals surface area contributed by atoms with E-state index in [1.54, 1.807) is 19.2 Å². The highest BCUT2D eigenvalue weighted by Gasteiger charge is 2.35. The topological polar surface area (TPSA) is 74.7 Å². The maximum Gasteiger partial charge on any atom is 0.323 e. The minimum absolute atomic E-state index is 0.128. The number of ether oxygens (including phenoxy) is 2. The van der Waals surface area contributed by atoms with Crippen LogP contribution in [0.1, 0.15) is 18.0 Å². The molecule has 0 saturated carbocycles. The van der Waals surface area contributed by atoms with Crippen molar-refractivity contribution in [2.45, 2.75) is 12.5 Å². The zero-order chi connectivity index (χ0) is 14.3. The summed E-state index contributed by atoms with van der Waals surface area (Å²) in [5.74, 6) is 1.22. The Kier molecular flexibility index (Phi) is 3.17. The number of amides is 2. The molecule has 7 heteroatoms. The molecule has 20 heavy (non-hydrogen) atoms. The first-order valence-corrected chi connectivity index (χ1v) is 6.67. The number of amidine groups is 1. The van der Waals surface area contributed by atoms with Crippen LogP contribution in [0.15, 0.2) is 12.1 Å². The van der Waals surface area contributed by atoms with E-state index in [1.807, 2.05) is 0 Å². The van der Waals surface area contributed by atoms with Crippen LogP contribution >= 0.6 is 11.6 Å². The van der Waals surface area contributed by atoms with Gasteiger partial charge in [-0.2, -0.15) is 0 Å². The number of nitrogens with one attached hydrogen (secondary N) is 2. The Morgan fingerprint density at radius 1 is 1.40 bits per heavy atom. The lowest BCUT2D eigenvalue weighted by Gasteiger charge is -2.20. The lowest BCUT2D eigenvalue weighted by atomic mass is 10.1. The van der Waals surface area contributed by atoms with Gasteiger partial charge in [-0.25, -0.2) is 4.79 Å². The quantitative estimate of drug-likeness (QED) is 0.834. The molecule has 3 rings (SSSR count). The largest absolute Gasteiger partial charge is 0.489 e. The molecule has 0 spiro atoms. The molecule has 0 bridgehead atoms. The van der Waals surface area contributed by atoms with Crippen molar-refractivity contribution >= 4 is 23.5 Å². The fraction of sp³-hybridized carbons (Fsp3) is 0.385. The molecule has 2 aliphatic heterocycles. The Hall–Kier alpha value is -1.95. The van der Waals surface area contributed by atoms with Crippen LogP contribution < -0.4 is 14.8 Å². The maximum atomic E-state index is 11.6. The van der Waals surface area contributed by atoms with E-state index in [-0.39, 0.29) is 11.9 Å². The van der Waals surface area contributed by atoms with Gasteiger partial charge in [0.05, 0.1) is 18.2 Å². The molecular weight excluding hydrogens is 282 g/mol. The molecule has 1 aromatic carbocycles. The average Bonchev–Trinajstić information content (AvgIpc) is 2.58. The second kappa shape index (κ2) is 4.86. The van der Waals surface area contributed by atoms with Gasteiger partial charge < -0.3 is 14.4 Å². The highest BCUT2D eigenvalue weighted by Crippen LogP contribution is 2.40. The van der Waals surface area contributed by atoms with Crippen molar-refractivity contribution < 1.29 is 14.3 Å². The van der Waals surface area contributed by atoms with Crippen molar-refractivity contribution in [2.24, 2.45) is 0 Å². The zero-order valence-corrected chi connectivity index (χ0v) is 11.7. The predicted octanol–water partition coefficient (Wildman–Crippen LogP) is 2.17. The normalized spacial score (nSPS) is 21.7. The van der Waals surface area contributed by atoms with Gasteiger partial charge in [-0.1, -0.05) is 11.6 Å². The lowest BCUT2D eigenvalue weighted by molar-refractivity contribution is 0.217. The standard InChI is InChI=1S/C13H14ClN3O3/c1-17-10(12(15)16-13(17)18)7-5-8(14)11-9(6-7)19-3-2-4-20-11/h5-6,10H,2-4H2,1H3,(H2,15,16,18). The molecule has 0 aliphatic carbocycles. The van der Waals surface area contributed by atoms with Gasteiger partial charge in [-0.15, -0.1) is 0 Å². The Labute approximate surface area is 121 Å². The Morgan fingerprint density at radius 2 is 2.15 bits per heavy atom. The lowest BCUT2D eigenvalue weighted by Crippen LogP contribution is -2.25. The van der Waals surface area contributed by atoms with Gasteiger partial charge in [0.1, 0.15) is 11.9 Å². The molecule has 1 fully saturated rings. The predicted molar refractivity (Wildman–Crippen MR) is 73.8 cm³/mol. The van der Waals surface area contributed by atoms with Gasteiger partial charge in [-0.3, -0.25) is 10.7 Å². The van der Waals surface area contributed by atoms with Crippen LogP contribution in [0, 0.1) is 5.41 Å². The van der Waals surface area contributed by atoms with Gasteiger partial charge in [0.25, 0.3) is 0 Å². The number of carbonyl (C=O) groups is 1. The number of rotatable bonds is 1. The molecule has 1 unspecified atom stereocenters. The molecular formula is C13H14ClN3O3. The van der Waals surface area contributed by atoms with Crippen molar-refractivity contribution in [1.82, 2.24) is 10.2 Å². The number of halogens is 1. The second-order valence-electron chi connectivity index (χ2n) is 4.74. The Bertz CT molecular complexity index is 590. The first-order valence-electron chi connectivity index (χ1n) is 6.29. The van der Waals surface area contributed by atoms with Gasteiger partial charge in [0.2, 0.25) is 0 Å². The van der Waals surface area contributed by atoms with Crippen LogP contribution in [-0.4, -0.2) is 37.0 Å². The number of nitrogens with zero attached hydrogens (tertiary/aromatic N) is 1. The SMILES string of the molecule is CN1C(=O)NC(=N)C1c1cc(Cl)c2c(c1)OCCCO2. The Balaban J connectivity index is 2.03. The summed E-state index contributed by atoms with van der Waals surface area (Å²) in [5, 5.41) is 10.8. The first-order chi connectivity index (χ1) is 9.58.